The highest BCUT2D eigenvalue weighted by molar-refractivity contribution is 5.92. The van der Waals surface area contributed by atoms with E-state index >= 15 is 0 Å². The summed E-state index contributed by atoms with van der Waals surface area (Å²) < 4.78 is 5.20. The number of nitrogens with one attached hydrogen (secondary N) is 1. The number of piperazine rings is 1. The van der Waals surface area contributed by atoms with Crippen LogP contribution in [0, 0.1) is 24.7 Å². The van der Waals surface area contributed by atoms with Gasteiger partial charge in [-0.1, -0.05) is 49.6 Å². The Morgan fingerprint density at radius 2 is 1.75 bits per heavy atom. The van der Waals surface area contributed by atoms with E-state index in [-0.39, 0.29) is 29.6 Å². The minimum absolute atomic E-state index is 0.0146. The molecule has 32 heavy (non-hydrogen) atoms. The molecule has 2 amide bonds. The topological polar surface area (TPSA) is 79.0 Å². The molecule has 7 heteroatoms. The molecule has 0 aromatic heterocycles. The smallest absolute Gasteiger partial charge is 0.311 e. The molecular weight excluding hydrogens is 406 g/mol. The van der Waals surface area contributed by atoms with Crippen LogP contribution < -0.4 is 5.32 Å². The number of carbonyl (C=O) groups is 3. The lowest BCUT2D eigenvalue weighted by atomic mass is 9.85. The number of aryl methyl sites for hydroxylation is 1. The molecule has 2 saturated heterocycles. The summed E-state index contributed by atoms with van der Waals surface area (Å²) >= 11 is 0. The van der Waals surface area contributed by atoms with Gasteiger partial charge in [0.2, 0.25) is 11.8 Å². The van der Waals surface area contributed by atoms with Crippen LogP contribution in [-0.2, 0) is 19.1 Å². The molecule has 3 aliphatic rings. The highest BCUT2D eigenvalue weighted by Crippen LogP contribution is 2.48. The Morgan fingerprint density at radius 1 is 1.06 bits per heavy atom. The lowest BCUT2D eigenvalue weighted by Crippen LogP contribution is -2.55. The zero-order chi connectivity index (χ0) is 22.8. The molecular formula is C25H35N3O4. The first kappa shape index (κ1) is 22.8. The average Bonchev–Trinajstić information content (AvgIpc) is 3.45. The van der Waals surface area contributed by atoms with E-state index in [0.29, 0.717) is 13.1 Å². The van der Waals surface area contributed by atoms with Gasteiger partial charge in [-0.05, 0) is 25.3 Å². The van der Waals surface area contributed by atoms with Crippen LogP contribution in [0.3, 0.4) is 0 Å². The summed E-state index contributed by atoms with van der Waals surface area (Å²) in [6.45, 7) is 6.64. The molecule has 4 rings (SSSR count). The van der Waals surface area contributed by atoms with Crippen LogP contribution in [0.4, 0.5) is 0 Å². The number of hydrogen-bond donors (Lipinski definition) is 1. The Balaban J connectivity index is 1.79. The highest BCUT2D eigenvalue weighted by atomic mass is 16.5. The lowest BCUT2D eigenvalue weighted by Gasteiger charge is -2.37. The minimum atomic E-state index is -0.657. The summed E-state index contributed by atoms with van der Waals surface area (Å²) in [6.07, 6.45) is 3.76. The Bertz CT molecular complexity index is 860. The van der Waals surface area contributed by atoms with Crippen LogP contribution in [0.5, 0.6) is 0 Å². The predicted molar refractivity (Wildman–Crippen MR) is 121 cm³/mol. The fourth-order valence-corrected chi connectivity index (χ4v) is 5.86. The van der Waals surface area contributed by atoms with Gasteiger partial charge in [-0.15, -0.1) is 0 Å². The zero-order valence-corrected chi connectivity index (χ0v) is 19.4. The van der Waals surface area contributed by atoms with Crippen molar-refractivity contribution >= 4 is 17.8 Å². The largest absolute Gasteiger partial charge is 0.469 e. The first-order valence-corrected chi connectivity index (χ1v) is 11.9. The van der Waals surface area contributed by atoms with Crippen molar-refractivity contribution in [2.45, 2.75) is 51.6 Å². The second-order valence-corrected chi connectivity index (χ2v) is 9.51. The van der Waals surface area contributed by atoms with Gasteiger partial charge in [0.05, 0.1) is 19.1 Å². The fourth-order valence-electron chi connectivity index (χ4n) is 5.86. The molecule has 0 bridgehead atoms. The van der Waals surface area contributed by atoms with Gasteiger partial charge in [0.25, 0.3) is 0 Å². The monoisotopic (exact) mass is 441 g/mol. The van der Waals surface area contributed by atoms with Crippen LogP contribution in [0.2, 0.25) is 0 Å². The van der Waals surface area contributed by atoms with Gasteiger partial charge in [0, 0.05) is 38.0 Å². The van der Waals surface area contributed by atoms with E-state index in [0.717, 1.165) is 49.9 Å². The van der Waals surface area contributed by atoms with E-state index in [9.17, 15) is 14.4 Å². The number of amides is 2. The van der Waals surface area contributed by atoms with E-state index in [1.807, 2.05) is 43.0 Å². The van der Waals surface area contributed by atoms with Crippen LogP contribution in [0.25, 0.3) is 0 Å². The molecule has 0 spiro atoms. The van der Waals surface area contributed by atoms with Crippen molar-refractivity contribution in [2.75, 3.05) is 33.3 Å². The molecule has 7 nitrogen and oxygen atoms in total. The SMILES string of the molecule is COC(=O)C1C(C)C(C(=O)N2CCNCC2)N(C(=O)C2CCCC2)C1c1cccc(C)c1. The van der Waals surface area contributed by atoms with Gasteiger partial charge in [0.1, 0.15) is 6.04 Å². The van der Waals surface area contributed by atoms with Gasteiger partial charge in [-0.25, -0.2) is 0 Å². The molecule has 1 N–H and O–H groups in total. The third kappa shape index (κ3) is 4.15. The van der Waals surface area contributed by atoms with Gasteiger partial charge in [0.15, 0.2) is 0 Å². The number of carbonyl (C=O) groups excluding carboxylic acids is 3. The van der Waals surface area contributed by atoms with Crippen molar-refractivity contribution in [1.82, 2.24) is 15.1 Å². The van der Waals surface area contributed by atoms with E-state index in [1.54, 1.807) is 4.90 Å². The molecule has 4 atom stereocenters. The number of likely N-dealkylation sites (tertiary alicyclic amines) is 1. The zero-order valence-electron chi connectivity index (χ0n) is 19.4. The lowest BCUT2D eigenvalue weighted by molar-refractivity contribution is -0.150. The second kappa shape index (κ2) is 9.61. The summed E-state index contributed by atoms with van der Waals surface area (Å²) in [5.41, 5.74) is 1.96. The van der Waals surface area contributed by atoms with Gasteiger partial charge in [-0.3, -0.25) is 14.4 Å². The van der Waals surface area contributed by atoms with Crippen molar-refractivity contribution < 1.29 is 19.1 Å². The van der Waals surface area contributed by atoms with Crippen LogP contribution in [0.15, 0.2) is 24.3 Å². The van der Waals surface area contributed by atoms with Crippen molar-refractivity contribution in [2.24, 2.45) is 17.8 Å². The molecule has 3 fully saturated rings. The first-order valence-electron chi connectivity index (χ1n) is 11.9. The molecule has 2 aliphatic heterocycles. The van der Waals surface area contributed by atoms with Crippen LogP contribution >= 0.6 is 0 Å². The quantitative estimate of drug-likeness (QED) is 0.726. The molecule has 1 aromatic carbocycles. The molecule has 174 valence electrons. The first-order chi connectivity index (χ1) is 15.4. The standard InChI is InChI=1S/C25H35N3O4/c1-16-7-6-10-19(15-16)22-20(25(31)32-3)17(2)21(24(30)27-13-11-26-12-14-27)28(22)23(29)18-8-4-5-9-18/h6-7,10,15,17-18,20-22,26H,4-5,8-9,11-14H2,1-3H3. The maximum absolute atomic E-state index is 13.9. The number of ether oxygens (including phenoxy) is 1. The van der Waals surface area contributed by atoms with Crippen molar-refractivity contribution in [3.63, 3.8) is 0 Å². The summed E-state index contributed by atoms with van der Waals surface area (Å²) in [4.78, 5) is 44.4. The van der Waals surface area contributed by atoms with Crippen LogP contribution in [0.1, 0.15) is 49.8 Å². The summed E-state index contributed by atoms with van der Waals surface area (Å²) in [5.74, 6) is -1.38. The van der Waals surface area contributed by atoms with E-state index in [2.05, 4.69) is 5.32 Å². The van der Waals surface area contributed by atoms with Crippen molar-refractivity contribution in [3.8, 4) is 0 Å². The molecule has 0 radical (unpaired) electrons. The number of nitrogens with zero attached hydrogens (tertiary/aromatic N) is 2. The number of benzene rings is 1. The van der Waals surface area contributed by atoms with Gasteiger partial charge < -0.3 is 19.9 Å². The molecule has 2 heterocycles. The minimum Gasteiger partial charge on any atom is -0.469 e. The van der Waals surface area contributed by atoms with E-state index < -0.39 is 18.0 Å². The highest BCUT2D eigenvalue weighted by Gasteiger charge is 2.57. The Morgan fingerprint density at radius 3 is 2.38 bits per heavy atom. The van der Waals surface area contributed by atoms with E-state index in [4.69, 9.17) is 4.74 Å². The predicted octanol–water partition coefficient (Wildman–Crippen LogP) is 2.29. The fraction of sp³-hybridized carbons (Fsp3) is 0.640. The molecule has 4 unspecified atom stereocenters. The summed E-state index contributed by atoms with van der Waals surface area (Å²) in [7, 11) is 1.39. The number of rotatable bonds is 4. The molecule has 1 aromatic rings. The normalized spacial score (nSPS) is 28.7. The Hall–Kier alpha value is -2.41. The number of esters is 1. The maximum Gasteiger partial charge on any atom is 0.311 e. The average molecular weight is 442 g/mol. The molecule has 1 aliphatic carbocycles. The number of hydrogen-bond acceptors (Lipinski definition) is 5. The second-order valence-electron chi connectivity index (χ2n) is 9.51. The maximum atomic E-state index is 13.9. The van der Waals surface area contributed by atoms with E-state index in [1.165, 1.54) is 7.11 Å². The van der Waals surface area contributed by atoms with Gasteiger partial charge >= 0.3 is 5.97 Å². The van der Waals surface area contributed by atoms with Gasteiger partial charge in [-0.2, -0.15) is 0 Å². The summed E-state index contributed by atoms with van der Waals surface area (Å²) in [6, 6.07) is 6.79. The third-order valence-corrected chi connectivity index (χ3v) is 7.50. The molecule has 1 saturated carbocycles. The third-order valence-electron chi connectivity index (χ3n) is 7.50. The van der Waals surface area contributed by atoms with Crippen molar-refractivity contribution in [3.05, 3.63) is 35.4 Å². The number of methoxy groups -OCH3 is 1. The van der Waals surface area contributed by atoms with Crippen molar-refractivity contribution in [1.29, 1.82) is 0 Å². The Kier molecular flexibility index (Phi) is 6.84. The summed E-state index contributed by atoms with van der Waals surface area (Å²) in [5, 5.41) is 3.28. The van der Waals surface area contributed by atoms with Crippen LogP contribution in [-0.4, -0.2) is 66.9 Å². The Labute approximate surface area is 190 Å².